The fourth-order valence-corrected chi connectivity index (χ4v) is 4.46. The second-order valence-electron chi connectivity index (χ2n) is 10.7. The van der Waals surface area contributed by atoms with E-state index >= 15 is 0 Å². The second-order valence-corrected chi connectivity index (χ2v) is 10.7. The third-order valence-electron chi connectivity index (χ3n) is 6.90. The Morgan fingerprint density at radius 2 is 1.03 bits per heavy atom. The molecule has 0 heterocycles. The van der Waals surface area contributed by atoms with Gasteiger partial charge >= 0.3 is 0 Å². The van der Waals surface area contributed by atoms with Crippen molar-refractivity contribution in [2.45, 2.75) is 116 Å². The van der Waals surface area contributed by atoms with Gasteiger partial charge in [0.05, 0.1) is 6.17 Å². The Bertz CT molecular complexity index is 446. The molecule has 0 bridgehead atoms. The van der Waals surface area contributed by atoms with E-state index in [1.165, 1.54) is 83.5 Å². The molecule has 0 spiro atoms. The lowest BCUT2D eigenvalue weighted by Crippen LogP contribution is -2.43. The zero-order chi connectivity index (χ0) is 27.8. The number of hydrogen-bond donors (Lipinski definition) is 7. The van der Waals surface area contributed by atoms with Crippen LogP contribution < -0.4 is 37.2 Å². The van der Waals surface area contributed by atoms with Crippen molar-refractivity contribution in [3.05, 3.63) is 0 Å². The Hall–Kier alpha value is -0.770. The molecule has 0 unspecified atom stereocenters. The van der Waals surface area contributed by atoms with Gasteiger partial charge in [0.25, 0.3) is 0 Å². The Kier molecular flexibility index (Phi) is 31.8. The monoisotopic (exact) mass is 542 g/mol. The number of amides is 1. The average molecular weight is 542 g/mol. The summed E-state index contributed by atoms with van der Waals surface area (Å²) < 4.78 is 0. The molecule has 0 aliphatic heterocycles. The van der Waals surface area contributed by atoms with E-state index in [1.54, 1.807) is 0 Å². The Labute approximate surface area is 236 Å². The molecule has 228 valence electrons. The lowest BCUT2D eigenvalue weighted by atomic mass is 10.1. The third-order valence-corrected chi connectivity index (χ3v) is 6.90. The van der Waals surface area contributed by atoms with Gasteiger partial charge in [0, 0.05) is 13.0 Å². The van der Waals surface area contributed by atoms with Crippen molar-refractivity contribution in [1.82, 2.24) is 37.2 Å². The summed E-state index contributed by atoms with van der Waals surface area (Å²) in [5, 5.41) is 24.1. The SMILES string of the molecule is CCCCCCC(=O)NCCCCCCC(NCCCCNCCCNC)NCCCCNCCCNC. The molecule has 0 saturated heterocycles. The molecule has 38 heavy (non-hydrogen) atoms. The van der Waals surface area contributed by atoms with E-state index in [0.717, 1.165) is 71.7 Å². The molecule has 8 heteroatoms. The van der Waals surface area contributed by atoms with Crippen LogP contribution in [-0.2, 0) is 4.79 Å². The van der Waals surface area contributed by atoms with Crippen molar-refractivity contribution < 1.29 is 4.79 Å². The van der Waals surface area contributed by atoms with Crippen LogP contribution in [-0.4, -0.2) is 85.1 Å². The third kappa shape index (κ3) is 29.8. The number of unbranched alkanes of at least 4 members (excludes halogenated alkanes) is 8. The molecule has 0 aromatic rings. The molecule has 7 N–H and O–H groups in total. The van der Waals surface area contributed by atoms with Crippen LogP contribution in [0.1, 0.15) is 110 Å². The fourth-order valence-electron chi connectivity index (χ4n) is 4.46. The van der Waals surface area contributed by atoms with E-state index < -0.39 is 0 Å². The Morgan fingerprint density at radius 1 is 0.526 bits per heavy atom. The molecule has 0 rings (SSSR count). The van der Waals surface area contributed by atoms with Crippen LogP contribution in [0.5, 0.6) is 0 Å². The van der Waals surface area contributed by atoms with Gasteiger partial charge in [-0.2, -0.15) is 0 Å². The van der Waals surface area contributed by atoms with Gasteiger partial charge in [-0.15, -0.1) is 0 Å². The highest BCUT2D eigenvalue weighted by Gasteiger charge is 2.07. The maximum atomic E-state index is 11.9. The van der Waals surface area contributed by atoms with Crippen LogP contribution in [0.3, 0.4) is 0 Å². The minimum atomic E-state index is 0.232. The zero-order valence-corrected chi connectivity index (χ0v) is 25.7. The second kappa shape index (κ2) is 32.4. The van der Waals surface area contributed by atoms with Crippen molar-refractivity contribution in [3.8, 4) is 0 Å². The summed E-state index contributed by atoms with van der Waals surface area (Å²) >= 11 is 0. The summed E-state index contributed by atoms with van der Waals surface area (Å²) in [7, 11) is 4.02. The lowest BCUT2D eigenvalue weighted by Gasteiger charge is -2.21. The molecule has 0 aromatic heterocycles. The van der Waals surface area contributed by atoms with E-state index in [2.05, 4.69) is 44.1 Å². The maximum absolute atomic E-state index is 11.9. The van der Waals surface area contributed by atoms with Crippen LogP contribution in [0.25, 0.3) is 0 Å². The van der Waals surface area contributed by atoms with Crippen molar-refractivity contribution in [3.63, 3.8) is 0 Å². The van der Waals surface area contributed by atoms with Crippen LogP contribution in [0.2, 0.25) is 0 Å². The van der Waals surface area contributed by atoms with Crippen LogP contribution in [0.4, 0.5) is 0 Å². The molecule has 0 saturated carbocycles. The van der Waals surface area contributed by atoms with Gasteiger partial charge in [-0.1, -0.05) is 45.4 Å². The van der Waals surface area contributed by atoms with Gasteiger partial charge in [-0.3, -0.25) is 4.79 Å². The van der Waals surface area contributed by atoms with E-state index in [9.17, 15) is 4.79 Å². The number of carbonyl (C=O) groups is 1. The molecule has 0 radical (unpaired) electrons. The first kappa shape index (κ1) is 37.2. The van der Waals surface area contributed by atoms with E-state index in [1.807, 2.05) is 14.1 Å². The molecule has 0 fully saturated rings. The average Bonchev–Trinajstić information content (AvgIpc) is 2.92. The minimum absolute atomic E-state index is 0.232. The molecule has 0 aliphatic rings. The molecular formula is C30H67N7O. The summed E-state index contributed by atoms with van der Waals surface area (Å²) in [5.41, 5.74) is 0. The number of rotatable bonds is 32. The van der Waals surface area contributed by atoms with Crippen molar-refractivity contribution >= 4 is 5.91 Å². The van der Waals surface area contributed by atoms with Gasteiger partial charge in [0.15, 0.2) is 0 Å². The smallest absolute Gasteiger partial charge is 0.219 e. The summed E-state index contributed by atoms with van der Waals surface area (Å²) in [6, 6.07) is 0. The maximum Gasteiger partial charge on any atom is 0.219 e. The van der Waals surface area contributed by atoms with Gasteiger partial charge in [-0.05, 0) is 124 Å². The molecule has 8 nitrogen and oxygen atoms in total. The van der Waals surface area contributed by atoms with E-state index in [0.29, 0.717) is 12.6 Å². The topological polar surface area (TPSA) is 101 Å². The molecule has 1 amide bonds. The highest BCUT2D eigenvalue weighted by Crippen LogP contribution is 2.06. The first-order valence-electron chi connectivity index (χ1n) is 16.2. The lowest BCUT2D eigenvalue weighted by molar-refractivity contribution is -0.121. The summed E-state index contributed by atoms with van der Waals surface area (Å²) in [6.45, 7) is 11.8. The highest BCUT2D eigenvalue weighted by atomic mass is 16.1. The summed E-state index contributed by atoms with van der Waals surface area (Å²) in [4.78, 5) is 11.9. The normalized spacial score (nSPS) is 11.5. The van der Waals surface area contributed by atoms with Crippen molar-refractivity contribution in [2.24, 2.45) is 0 Å². The largest absolute Gasteiger partial charge is 0.356 e. The first-order valence-corrected chi connectivity index (χ1v) is 16.2. The summed E-state index contributed by atoms with van der Waals surface area (Å²) in [6.07, 6.45) is 19.0. The number of nitrogens with one attached hydrogen (secondary N) is 7. The highest BCUT2D eigenvalue weighted by molar-refractivity contribution is 5.75. The van der Waals surface area contributed by atoms with E-state index in [4.69, 9.17) is 0 Å². The first-order chi connectivity index (χ1) is 18.7. The van der Waals surface area contributed by atoms with Gasteiger partial charge in [-0.25, -0.2) is 0 Å². The number of hydrogen-bond acceptors (Lipinski definition) is 7. The minimum Gasteiger partial charge on any atom is -0.356 e. The molecule has 0 atom stereocenters. The Balaban J connectivity index is 3.94. The van der Waals surface area contributed by atoms with Crippen molar-refractivity contribution in [2.75, 3.05) is 73.0 Å². The quantitative estimate of drug-likeness (QED) is 0.0517. The van der Waals surface area contributed by atoms with Gasteiger partial charge in [0.2, 0.25) is 5.91 Å². The molecular weight excluding hydrogens is 474 g/mol. The predicted molar refractivity (Wildman–Crippen MR) is 166 cm³/mol. The van der Waals surface area contributed by atoms with E-state index in [-0.39, 0.29) is 5.91 Å². The molecule has 0 aliphatic carbocycles. The van der Waals surface area contributed by atoms with Crippen LogP contribution in [0.15, 0.2) is 0 Å². The van der Waals surface area contributed by atoms with Crippen LogP contribution >= 0.6 is 0 Å². The Morgan fingerprint density at radius 3 is 1.61 bits per heavy atom. The standard InChI is InChI=1S/C30H67N7O/c1-4-5-6-10-19-30(38)37-28-11-8-7-9-18-29(35-26-14-12-22-33-24-16-20-31-2)36-27-15-13-23-34-25-17-21-32-3/h29,31-36H,4-28H2,1-3H3,(H,37,38). The molecule has 0 aromatic carbocycles. The van der Waals surface area contributed by atoms with Gasteiger partial charge in [0.1, 0.15) is 0 Å². The zero-order valence-electron chi connectivity index (χ0n) is 25.7. The van der Waals surface area contributed by atoms with Gasteiger partial charge < -0.3 is 37.2 Å². The predicted octanol–water partition coefficient (Wildman–Crippen LogP) is 3.49. The summed E-state index contributed by atoms with van der Waals surface area (Å²) in [5.74, 6) is 0.232. The van der Waals surface area contributed by atoms with Crippen molar-refractivity contribution in [1.29, 1.82) is 0 Å². The fraction of sp³-hybridized carbons (Fsp3) is 0.967. The van der Waals surface area contributed by atoms with Crippen LogP contribution in [0, 0.1) is 0 Å². The number of carbonyl (C=O) groups excluding carboxylic acids is 1.